The number of fused-ring (bicyclic) bond motifs is 3. The van der Waals surface area contributed by atoms with E-state index in [1.54, 1.807) is 76.1 Å². The fourth-order valence-corrected chi connectivity index (χ4v) is 13.8. The van der Waals surface area contributed by atoms with E-state index in [-0.39, 0.29) is 23.9 Å². The molecular formula is C78H81BrClFN6O12S3. The summed E-state index contributed by atoms with van der Waals surface area (Å²) >= 11 is 27.1. The maximum atomic E-state index is 13.7. The average Bonchev–Trinajstić information content (AvgIpc) is 0.788. The SMILES string of the molecule is COc1ccc(OCC2c3cc(OC)c(OC)cc3CCN2C(=S)Nc2cccc(Br)c2)cc1.COc1ccc(OCC2c3cc(OC)c(OC)cc3CCN2C(=S)Nc2cccc(Cl)c2)cc1.COc1ccc(OCC2c3cc(OC)c(OC)cc3CCN2C(=S)Nc2cccc(F)c2)cc1. The van der Waals surface area contributed by atoms with Crippen LogP contribution >= 0.6 is 64.2 Å². The van der Waals surface area contributed by atoms with Crippen LogP contribution in [0.4, 0.5) is 21.5 Å². The van der Waals surface area contributed by atoms with Crippen LogP contribution in [0.5, 0.6) is 69.0 Å². The van der Waals surface area contributed by atoms with Crippen LogP contribution in [0.2, 0.25) is 5.02 Å². The van der Waals surface area contributed by atoms with E-state index in [2.05, 4.69) is 52.6 Å². The van der Waals surface area contributed by atoms with Gasteiger partial charge in [0.2, 0.25) is 0 Å². The zero-order chi connectivity index (χ0) is 72.2. The molecule has 24 heteroatoms. The first kappa shape index (κ1) is 75.0. The van der Waals surface area contributed by atoms with E-state index < -0.39 is 0 Å². The van der Waals surface area contributed by atoms with Gasteiger partial charge in [-0.25, -0.2) is 4.39 Å². The Morgan fingerprint density at radius 3 is 0.980 bits per heavy atom. The van der Waals surface area contributed by atoms with Crippen molar-refractivity contribution in [3.8, 4) is 69.0 Å². The van der Waals surface area contributed by atoms with E-state index >= 15 is 0 Å². The van der Waals surface area contributed by atoms with E-state index in [0.29, 0.717) is 81.2 Å². The Morgan fingerprint density at radius 2 is 0.676 bits per heavy atom. The summed E-state index contributed by atoms with van der Waals surface area (Å²) in [5, 5.41) is 12.3. The molecule has 9 aromatic carbocycles. The number of hydrogen-bond donors (Lipinski definition) is 3. The summed E-state index contributed by atoms with van der Waals surface area (Å²) in [5.41, 5.74) is 9.12. The average molecular weight is 1530 g/mol. The summed E-state index contributed by atoms with van der Waals surface area (Å²) in [6.45, 7) is 3.30. The number of rotatable bonds is 21. The fraction of sp³-hybridized carbons (Fsp3) is 0.269. The van der Waals surface area contributed by atoms with Crippen LogP contribution in [-0.2, 0) is 19.3 Å². The number of methoxy groups -OCH3 is 9. The molecule has 0 aliphatic carbocycles. The third-order valence-corrected chi connectivity index (χ3v) is 19.2. The third kappa shape index (κ3) is 19.1. The van der Waals surface area contributed by atoms with Gasteiger partial charge in [-0.3, -0.25) is 0 Å². The Morgan fingerprint density at radius 1 is 0.382 bits per heavy atom. The Kier molecular flexibility index (Phi) is 26.7. The summed E-state index contributed by atoms with van der Waals surface area (Å²) in [4.78, 5) is 6.39. The van der Waals surface area contributed by atoms with Gasteiger partial charge in [0.05, 0.1) is 82.1 Å². The largest absolute Gasteiger partial charge is 0.497 e. The summed E-state index contributed by atoms with van der Waals surface area (Å²) < 4.78 is 82.3. The first-order chi connectivity index (χ1) is 49.5. The van der Waals surface area contributed by atoms with E-state index in [4.69, 9.17) is 105 Å². The van der Waals surface area contributed by atoms with E-state index in [1.807, 2.05) is 152 Å². The van der Waals surface area contributed by atoms with Crippen LogP contribution < -0.4 is 72.8 Å². The number of nitrogens with zero attached hydrogens (tertiary/aromatic N) is 3. The molecule has 3 N–H and O–H groups in total. The molecule has 3 aliphatic heterocycles. The third-order valence-electron chi connectivity index (χ3n) is 17.4. The highest BCUT2D eigenvalue weighted by atomic mass is 79.9. The number of anilines is 3. The highest BCUT2D eigenvalue weighted by Gasteiger charge is 2.35. The van der Waals surface area contributed by atoms with Crippen LogP contribution in [0.25, 0.3) is 0 Å². The molecule has 102 heavy (non-hydrogen) atoms. The number of nitrogens with one attached hydrogen (secondary N) is 3. The number of halogens is 3. The van der Waals surface area contributed by atoms with Crippen LogP contribution in [0.15, 0.2) is 186 Å². The van der Waals surface area contributed by atoms with Crippen molar-refractivity contribution in [3.63, 3.8) is 0 Å². The monoisotopic (exact) mass is 1520 g/mol. The fourth-order valence-electron chi connectivity index (χ4n) is 12.2. The maximum Gasteiger partial charge on any atom is 0.174 e. The lowest BCUT2D eigenvalue weighted by atomic mass is 9.92. The second kappa shape index (κ2) is 36.3. The first-order valence-electron chi connectivity index (χ1n) is 32.6. The molecule has 0 saturated heterocycles. The van der Waals surface area contributed by atoms with Gasteiger partial charge >= 0.3 is 0 Å². The predicted molar refractivity (Wildman–Crippen MR) is 414 cm³/mol. The second-order valence-electron chi connectivity index (χ2n) is 23.4. The Bertz CT molecular complexity index is 3910. The maximum absolute atomic E-state index is 13.7. The summed E-state index contributed by atoms with van der Waals surface area (Å²) in [6.07, 6.45) is 2.40. The van der Waals surface area contributed by atoms with Gasteiger partial charge in [0, 0.05) is 46.2 Å². The van der Waals surface area contributed by atoms with E-state index in [0.717, 1.165) is 111 Å². The van der Waals surface area contributed by atoms with Gasteiger partial charge in [-0.05, 0) is 253 Å². The van der Waals surface area contributed by atoms with Gasteiger partial charge in [0.15, 0.2) is 49.8 Å². The van der Waals surface area contributed by atoms with Crippen molar-refractivity contribution < 1.29 is 61.2 Å². The molecule has 0 spiro atoms. The number of thiocarbonyl (C=S) groups is 3. The Balaban J connectivity index is 0.000000165. The van der Waals surface area contributed by atoms with Gasteiger partial charge in [-0.15, -0.1) is 0 Å². The van der Waals surface area contributed by atoms with Gasteiger partial charge in [-0.2, -0.15) is 0 Å². The molecule has 0 saturated carbocycles. The smallest absolute Gasteiger partial charge is 0.174 e. The minimum atomic E-state index is -0.326. The highest BCUT2D eigenvalue weighted by Crippen LogP contribution is 2.43. The van der Waals surface area contributed by atoms with Gasteiger partial charge < -0.3 is 87.5 Å². The number of ether oxygens (including phenoxy) is 12. The lowest BCUT2D eigenvalue weighted by Crippen LogP contribution is -2.44. The molecule has 9 aromatic rings. The molecule has 18 nitrogen and oxygen atoms in total. The zero-order valence-electron chi connectivity index (χ0n) is 58.0. The van der Waals surface area contributed by atoms with Crippen LogP contribution in [0.1, 0.15) is 51.5 Å². The molecular weight excluding hydrogens is 1440 g/mol. The van der Waals surface area contributed by atoms with Crippen molar-refractivity contribution in [2.24, 2.45) is 0 Å². The van der Waals surface area contributed by atoms with Crippen molar-refractivity contribution in [1.29, 1.82) is 0 Å². The van der Waals surface area contributed by atoms with Crippen molar-refractivity contribution in [3.05, 3.63) is 231 Å². The topological polar surface area (TPSA) is 157 Å². The normalized spacial score (nSPS) is 14.7. The molecule has 0 amide bonds. The second-order valence-corrected chi connectivity index (χ2v) is 25.9. The predicted octanol–water partition coefficient (Wildman–Crippen LogP) is 16.8. The number of benzene rings is 9. The van der Waals surface area contributed by atoms with Crippen molar-refractivity contribution in [2.45, 2.75) is 37.4 Å². The van der Waals surface area contributed by atoms with E-state index in [9.17, 15) is 4.39 Å². The molecule has 0 bridgehead atoms. The molecule has 12 rings (SSSR count). The first-order valence-corrected chi connectivity index (χ1v) is 35.0. The van der Waals surface area contributed by atoms with E-state index in [1.165, 1.54) is 23.3 Å². The highest BCUT2D eigenvalue weighted by molar-refractivity contribution is 9.10. The minimum Gasteiger partial charge on any atom is -0.497 e. The molecule has 0 fully saturated rings. The summed E-state index contributed by atoms with van der Waals surface area (Å²) in [6, 6.07) is 55.9. The molecule has 3 atom stereocenters. The van der Waals surface area contributed by atoms with Crippen molar-refractivity contribution in [1.82, 2.24) is 14.7 Å². The lowest BCUT2D eigenvalue weighted by Gasteiger charge is -2.39. The Hall–Kier alpha value is -9.65. The van der Waals surface area contributed by atoms with Crippen LogP contribution in [-0.4, -0.2) is 133 Å². The quantitative estimate of drug-likeness (QED) is 0.0583. The molecule has 3 heterocycles. The van der Waals surface area contributed by atoms with Gasteiger partial charge in [-0.1, -0.05) is 45.7 Å². The van der Waals surface area contributed by atoms with Gasteiger partial charge in [0.1, 0.15) is 60.1 Å². The van der Waals surface area contributed by atoms with Crippen LogP contribution in [0.3, 0.4) is 0 Å². The minimum absolute atomic E-state index is 0.113. The van der Waals surface area contributed by atoms with Gasteiger partial charge in [0.25, 0.3) is 0 Å². The summed E-state index contributed by atoms with van der Waals surface area (Å²) in [5.74, 6) is 8.35. The molecule has 0 aromatic heterocycles. The summed E-state index contributed by atoms with van der Waals surface area (Å²) in [7, 11) is 14.7. The van der Waals surface area contributed by atoms with Crippen molar-refractivity contribution >= 4 is 96.6 Å². The lowest BCUT2D eigenvalue weighted by molar-refractivity contribution is 0.190. The molecule has 3 unspecified atom stereocenters. The zero-order valence-corrected chi connectivity index (χ0v) is 62.8. The van der Waals surface area contributed by atoms with Crippen LogP contribution in [0, 0.1) is 5.82 Å². The molecule has 0 radical (unpaired) electrons. The standard InChI is InChI=1S/C26H27BrN2O4S.C26H27ClN2O4S.C26H27FN2O4S/c3*1-30-20-7-9-21(10-8-20)33-16-23-22-15-25(32-3)24(31-2)13-17(22)11-12-29(23)26(34)28-19-6-4-5-18(27)14-19/h3*4-10,13-15,23H,11-12,16H2,1-3H3,(H,28,34). The Labute approximate surface area is 624 Å². The molecule has 534 valence electrons. The number of hydrogen-bond acceptors (Lipinski definition) is 15. The molecule has 3 aliphatic rings. The van der Waals surface area contributed by atoms with Crippen molar-refractivity contribution in [2.75, 3.05) is 119 Å².